The Balaban J connectivity index is 1.38. The highest BCUT2D eigenvalue weighted by Gasteiger charge is 2.20. The van der Waals surface area contributed by atoms with Gasteiger partial charge >= 0.3 is 0 Å². The third-order valence-corrected chi connectivity index (χ3v) is 5.48. The molecule has 1 heterocycles. The predicted molar refractivity (Wildman–Crippen MR) is 116 cm³/mol. The van der Waals surface area contributed by atoms with Gasteiger partial charge in [-0.3, -0.25) is 4.79 Å². The van der Waals surface area contributed by atoms with E-state index < -0.39 is 0 Å². The zero-order chi connectivity index (χ0) is 19.8. The molecule has 0 spiro atoms. The van der Waals surface area contributed by atoms with Gasteiger partial charge in [0.25, 0.3) is 0 Å². The minimum absolute atomic E-state index is 0.0751. The fraction of sp³-hybridized carbons (Fsp3) is 0.160. The van der Waals surface area contributed by atoms with E-state index in [1.807, 2.05) is 31.2 Å². The number of amides is 1. The number of nitrogens with zero attached hydrogens (tertiary/aromatic N) is 2. The van der Waals surface area contributed by atoms with Gasteiger partial charge in [0.15, 0.2) is 5.82 Å². The molecule has 1 aromatic heterocycles. The van der Waals surface area contributed by atoms with Gasteiger partial charge in [-0.1, -0.05) is 66.7 Å². The molecular formula is C25H21N3O. The van der Waals surface area contributed by atoms with E-state index in [0.717, 1.165) is 46.4 Å². The number of hydrogen-bond donors (Lipinski definition) is 1. The average molecular weight is 379 g/mol. The Hall–Kier alpha value is -3.53. The van der Waals surface area contributed by atoms with Gasteiger partial charge in [0, 0.05) is 5.56 Å². The molecular weight excluding hydrogens is 358 g/mol. The summed E-state index contributed by atoms with van der Waals surface area (Å²) in [4.78, 5) is 22.2. The molecule has 0 aliphatic heterocycles. The Morgan fingerprint density at radius 1 is 0.931 bits per heavy atom. The zero-order valence-corrected chi connectivity index (χ0v) is 16.3. The Labute approximate surface area is 169 Å². The van der Waals surface area contributed by atoms with Gasteiger partial charge in [0.05, 0.1) is 23.5 Å². The van der Waals surface area contributed by atoms with Gasteiger partial charge in [0.1, 0.15) is 0 Å². The number of hydrogen-bond acceptors (Lipinski definition) is 3. The maximum Gasteiger partial charge on any atom is 0.229 e. The van der Waals surface area contributed by atoms with E-state index in [1.165, 1.54) is 10.9 Å². The first-order valence-electron chi connectivity index (χ1n) is 9.91. The van der Waals surface area contributed by atoms with E-state index in [2.05, 4.69) is 47.8 Å². The van der Waals surface area contributed by atoms with Gasteiger partial charge in [-0.2, -0.15) is 0 Å². The zero-order valence-electron chi connectivity index (χ0n) is 16.3. The number of carbonyl (C=O) groups excluding carboxylic acids is 1. The van der Waals surface area contributed by atoms with Gasteiger partial charge in [-0.05, 0) is 41.7 Å². The summed E-state index contributed by atoms with van der Waals surface area (Å²) in [6, 6.07) is 22.6. The fourth-order valence-corrected chi connectivity index (χ4v) is 4.00. The lowest BCUT2D eigenvalue weighted by atomic mass is 9.92. The lowest BCUT2D eigenvalue weighted by Gasteiger charge is -2.20. The molecule has 0 atom stereocenters. The topological polar surface area (TPSA) is 54.9 Å². The molecule has 142 valence electrons. The number of aromatic nitrogens is 2. The van der Waals surface area contributed by atoms with Crippen LogP contribution in [0.2, 0.25) is 0 Å². The third-order valence-electron chi connectivity index (χ3n) is 5.48. The molecule has 5 rings (SSSR count). The van der Waals surface area contributed by atoms with Crippen molar-refractivity contribution in [1.29, 1.82) is 0 Å². The van der Waals surface area contributed by atoms with E-state index in [9.17, 15) is 4.79 Å². The summed E-state index contributed by atoms with van der Waals surface area (Å²) >= 11 is 0. The number of benzene rings is 3. The summed E-state index contributed by atoms with van der Waals surface area (Å²) in [5, 5.41) is 5.28. The van der Waals surface area contributed by atoms with Crippen LogP contribution in [0.4, 0.5) is 5.82 Å². The molecule has 4 heteroatoms. The van der Waals surface area contributed by atoms with Crippen molar-refractivity contribution >= 4 is 22.5 Å². The second kappa shape index (κ2) is 7.13. The fourth-order valence-electron chi connectivity index (χ4n) is 4.00. The Morgan fingerprint density at radius 2 is 1.72 bits per heavy atom. The summed E-state index contributed by atoms with van der Waals surface area (Å²) in [5.41, 5.74) is 6.08. The Morgan fingerprint density at radius 3 is 2.62 bits per heavy atom. The van der Waals surface area contributed by atoms with Crippen molar-refractivity contribution in [2.75, 3.05) is 5.32 Å². The first-order chi connectivity index (χ1) is 14.2. The highest BCUT2D eigenvalue weighted by atomic mass is 16.1. The first-order valence-corrected chi connectivity index (χ1v) is 9.91. The molecule has 4 nitrogen and oxygen atoms in total. The van der Waals surface area contributed by atoms with E-state index in [4.69, 9.17) is 9.97 Å². The van der Waals surface area contributed by atoms with Crippen LogP contribution >= 0.6 is 0 Å². The molecule has 1 amide bonds. The maximum atomic E-state index is 12.7. The first kappa shape index (κ1) is 17.6. The van der Waals surface area contributed by atoms with Crippen molar-refractivity contribution in [3.8, 4) is 11.3 Å². The van der Waals surface area contributed by atoms with Gasteiger partial charge in [-0.15, -0.1) is 0 Å². The molecule has 0 saturated carbocycles. The summed E-state index contributed by atoms with van der Waals surface area (Å²) in [7, 11) is 0. The summed E-state index contributed by atoms with van der Waals surface area (Å²) in [6.45, 7) is 1.90. The summed E-state index contributed by atoms with van der Waals surface area (Å²) < 4.78 is 0. The van der Waals surface area contributed by atoms with Crippen LogP contribution in [0, 0.1) is 6.92 Å². The highest BCUT2D eigenvalue weighted by molar-refractivity contribution is 5.93. The smallest absolute Gasteiger partial charge is 0.229 e. The predicted octanol–water partition coefficient (Wildman–Crippen LogP) is 4.89. The van der Waals surface area contributed by atoms with Crippen LogP contribution in [0.15, 0.2) is 66.7 Å². The van der Waals surface area contributed by atoms with E-state index in [0.29, 0.717) is 12.2 Å². The standard InChI is InChI=1S/C25H21N3O/c1-16-25(27-22-13-12-19-7-4-5-9-21(19)24(22)26-16)28-23(29)15-17-10-11-18-6-2-3-8-20(18)14-17/h2-11,14H,12-13,15H2,1H3,(H,27,28,29). The molecule has 0 radical (unpaired) electrons. The minimum Gasteiger partial charge on any atom is -0.309 e. The molecule has 0 saturated heterocycles. The number of nitrogens with one attached hydrogen (secondary N) is 1. The monoisotopic (exact) mass is 379 g/mol. The van der Waals surface area contributed by atoms with Gasteiger partial charge in [-0.25, -0.2) is 9.97 Å². The van der Waals surface area contributed by atoms with E-state index in [1.54, 1.807) is 0 Å². The molecule has 29 heavy (non-hydrogen) atoms. The van der Waals surface area contributed by atoms with Crippen LogP contribution in [0.5, 0.6) is 0 Å². The van der Waals surface area contributed by atoms with Crippen LogP contribution in [0.25, 0.3) is 22.0 Å². The average Bonchev–Trinajstić information content (AvgIpc) is 2.74. The maximum absolute atomic E-state index is 12.7. The number of anilines is 1. The van der Waals surface area contributed by atoms with Crippen molar-refractivity contribution in [1.82, 2.24) is 9.97 Å². The van der Waals surface area contributed by atoms with Crippen LogP contribution in [-0.4, -0.2) is 15.9 Å². The largest absolute Gasteiger partial charge is 0.309 e. The second-order valence-electron chi connectivity index (χ2n) is 7.52. The van der Waals surface area contributed by atoms with Crippen LogP contribution in [-0.2, 0) is 24.1 Å². The molecule has 3 aromatic carbocycles. The Kier molecular flexibility index (Phi) is 4.32. The molecule has 1 aliphatic carbocycles. The Bertz CT molecular complexity index is 1250. The lowest BCUT2D eigenvalue weighted by Crippen LogP contribution is -2.19. The van der Waals surface area contributed by atoms with E-state index >= 15 is 0 Å². The highest BCUT2D eigenvalue weighted by Crippen LogP contribution is 2.32. The molecule has 0 fully saturated rings. The van der Waals surface area contributed by atoms with Crippen molar-refractivity contribution in [3.63, 3.8) is 0 Å². The quantitative estimate of drug-likeness (QED) is 0.552. The van der Waals surface area contributed by atoms with Crippen molar-refractivity contribution in [2.24, 2.45) is 0 Å². The number of rotatable bonds is 3. The second-order valence-corrected chi connectivity index (χ2v) is 7.52. The van der Waals surface area contributed by atoms with Gasteiger partial charge in [0.2, 0.25) is 5.91 Å². The van der Waals surface area contributed by atoms with Gasteiger partial charge < -0.3 is 5.32 Å². The number of fused-ring (bicyclic) bond motifs is 4. The SMILES string of the molecule is Cc1nc2c(nc1NC(=O)Cc1ccc3ccccc3c1)CCc1ccccc1-2. The van der Waals surface area contributed by atoms with Crippen LogP contribution < -0.4 is 5.32 Å². The molecule has 4 aromatic rings. The molecule has 1 N–H and O–H groups in total. The summed E-state index contributed by atoms with van der Waals surface area (Å²) in [6.07, 6.45) is 2.10. The van der Waals surface area contributed by atoms with Crippen LogP contribution in [0.1, 0.15) is 22.5 Å². The van der Waals surface area contributed by atoms with Crippen LogP contribution in [0.3, 0.4) is 0 Å². The lowest BCUT2D eigenvalue weighted by molar-refractivity contribution is -0.115. The summed E-state index contributed by atoms with van der Waals surface area (Å²) in [5.74, 6) is 0.489. The molecule has 0 unspecified atom stereocenters. The number of aryl methyl sites for hydroxylation is 3. The minimum atomic E-state index is -0.0751. The van der Waals surface area contributed by atoms with Crippen molar-refractivity contribution < 1.29 is 4.79 Å². The van der Waals surface area contributed by atoms with Crippen molar-refractivity contribution in [3.05, 3.63) is 89.2 Å². The third kappa shape index (κ3) is 3.38. The molecule has 1 aliphatic rings. The van der Waals surface area contributed by atoms with Crippen molar-refractivity contribution in [2.45, 2.75) is 26.2 Å². The van der Waals surface area contributed by atoms with E-state index in [-0.39, 0.29) is 5.91 Å². The normalized spacial score (nSPS) is 12.3. The molecule has 0 bridgehead atoms. The number of carbonyl (C=O) groups is 1.